The molecule has 0 saturated carbocycles. The largest absolute Gasteiger partial charge is 0.481 e. The summed E-state index contributed by atoms with van der Waals surface area (Å²) in [6.07, 6.45) is 2.41. The zero-order valence-corrected chi connectivity index (χ0v) is 18.4. The Morgan fingerprint density at radius 1 is 1.24 bits per heavy atom. The maximum atomic E-state index is 12.2. The Morgan fingerprint density at radius 3 is 2.59 bits per heavy atom. The molecule has 0 aromatic heterocycles. The summed E-state index contributed by atoms with van der Waals surface area (Å²) in [5.41, 5.74) is 1.64. The Balaban J connectivity index is 1.64. The second-order valence-corrected chi connectivity index (χ2v) is 8.96. The van der Waals surface area contributed by atoms with Gasteiger partial charge in [0.05, 0.1) is 0 Å². The van der Waals surface area contributed by atoms with Crippen LogP contribution < -0.4 is 10.1 Å². The van der Waals surface area contributed by atoms with Gasteiger partial charge < -0.3 is 14.4 Å². The zero-order valence-electron chi connectivity index (χ0n) is 16.8. The molecule has 1 aromatic rings. The molecule has 156 valence electrons. The first-order valence-electron chi connectivity index (χ1n) is 9.59. The van der Waals surface area contributed by atoms with Crippen LogP contribution in [0.25, 0.3) is 5.57 Å². The molecule has 0 radical (unpaired) electrons. The highest BCUT2D eigenvalue weighted by molar-refractivity contribution is 9.10. The number of ether oxygens (including phenoxy) is 2. The maximum Gasteiger partial charge on any atom is 0.410 e. The number of carbonyl (C=O) groups is 3. The molecule has 2 aliphatic rings. The third-order valence-electron chi connectivity index (χ3n) is 4.61. The van der Waals surface area contributed by atoms with E-state index < -0.39 is 17.6 Å². The summed E-state index contributed by atoms with van der Waals surface area (Å²) in [6, 6.07) is 5.56. The van der Waals surface area contributed by atoms with Crippen LogP contribution in [0.2, 0.25) is 0 Å². The van der Waals surface area contributed by atoms with Gasteiger partial charge in [-0.1, -0.05) is 22.0 Å². The summed E-state index contributed by atoms with van der Waals surface area (Å²) < 4.78 is 12.0. The molecule has 1 unspecified atom stereocenters. The fraction of sp³-hybridized carbons (Fsp3) is 0.476. The summed E-state index contributed by atoms with van der Waals surface area (Å²) in [5.74, 6) is -0.114. The molecular formula is C21H25BrN2O5. The van der Waals surface area contributed by atoms with E-state index in [1.54, 1.807) is 4.90 Å². The fourth-order valence-electron chi connectivity index (χ4n) is 3.19. The van der Waals surface area contributed by atoms with Crippen molar-refractivity contribution >= 4 is 39.4 Å². The number of nitrogens with zero attached hydrogens (tertiary/aromatic N) is 1. The lowest BCUT2D eigenvalue weighted by Gasteiger charge is -2.30. The second kappa shape index (κ2) is 8.57. The van der Waals surface area contributed by atoms with E-state index in [4.69, 9.17) is 9.47 Å². The number of halogens is 1. The standard InChI is InChI=1S/C21H25BrN2O5/c1-21(2,3)29-20(27)24-10-8-13(9-11-24)15-5-4-14(12-16(15)22)28-17-6-7-18(25)23-19(17)26/h4-5,8,12,17H,6-7,9-11H2,1-3H3,(H,23,25,26). The van der Waals surface area contributed by atoms with Crippen molar-refractivity contribution in [1.82, 2.24) is 10.2 Å². The number of hydrogen-bond acceptors (Lipinski definition) is 5. The van der Waals surface area contributed by atoms with Crippen molar-refractivity contribution in [3.8, 4) is 5.75 Å². The lowest BCUT2D eigenvalue weighted by atomic mass is 9.99. The van der Waals surface area contributed by atoms with Crippen LogP contribution in [0.1, 0.15) is 45.6 Å². The van der Waals surface area contributed by atoms with E-state index in [1.807, 2.05) is 45.0 Å². The first kappa shape index (κ1) is 21.4. The molecule has 0 aliphatic carbocycles. The summed E-state index contributed by atoms with van der Waals surface area (Å²) in [6.45, 7) is 6.63. The van der Waals surface area contributed by atoms with Gasteiger partial charge in [0.15, 0.2) is 6.10 Å². The molecule has 1 fully saturated rings. The van der Waals surface area contributed by atoms with Crippen LogP contribution in [0.15, 0.2) is 28.7 Å². The van der Waals surface area contributed by atoms with Gasteiger partial charge in [-0.05, 0) is 56.5 Å². The van der Waals surface area contributed by atoms with Crippen molar-refractivity contribution in [1.29, 1.82) is 0 Å². The van der Waals surface area contributed by atoms with E-state index in [0.29, 0.717) is 31.7 Å². The van der Waals surface area contributed by atoms with Crippen molar-refractivity contribution in [2.75, 3.05) is 13.1 Å². The minimum absolute atomic E-state index is 0.268. The van der Waals surface area contributed by atoms with E-state index in [9.17, 15) is 14.4 Å². The summed E-state index contributed by atoms with van der Waals surface area (Å²) >= 11 is 3.58. The Labute approximate surface area is 178 Å². The SMILES string of the molecule is CC(C)(C)OC(=O)N1CC=C(c2ccc(OC3CCC(=O)NC3=O)cc2Br)CC1. The highest BCUT2D eigenvalue weighted by Gasteiger charge is 2.28. The Bertz CT molecular complexity index is 859. The van der Waals surface area contributed by atoms with Gasteiger partial charge in [0.25, 0.3) is 5.91 Å². The van der Waals surface area contributed by atoms with Crippen LogP contribution in [0, 0.1) is 0 Å². The number of benzene rings is 1. The Kier molecular flexibility index (Phi) is 6.31. The second-order valence-electron chi connectivity index (χ2n) is 8.10. The molecule has 2 heterocycles. The highest BCUT2D eigenvalue weighted by Crippen LogP contribution is 2.32. The van der Waals surface area contributed by atoms with Gasteiger partial charge in [0.1, 0.15) is 11.4 Å². The first-order chi connectivity index (χ1) is 13.6. The number of imide groups is 1. The van der Waals surface area contributed by atoms with E-state index in [2.05, 4.69) is 21.2 Å². The third-order valence-corrected chi connectivity index (χ3v) is 5.27. The summed E-state index contributed by atoms with van der Waals surface area (Å²) in [4.78, 5) is 37.0. The van der Waals surface area contributed by atoms with E-state index >= 15 is 0 Å². The number of hydrogen-bond donors (Lipinski definition) is 1. The fourth-order valence-corrected chi connectivity index (χ4v) is 3.80. The van der Waals surface area contributed by atoms with Crippen LogP contribution in [-0.4, -0.2) is 47.6 Å². The van der Waals surface area contributed by atoms with Crippen LogP contribution in [0.4, 0.5) is 4.79 Å². The molecule has 1 atom stereocenters. The number of rotatable bonds is 3. The minimum atomic E-state index is -0.665. The molecule has 3 rings (SSSR count). The van der Waals surface area contributed by atoms with E-state index in [1.165, 1.54) is 0 Å². The van der Waals surface area contributed by atoms with Gasteiger partial charge in [0.2, 0.25) is 5.91 Å². The molecule has 1 saturated heterocycles. The Hall–Kier alpha value is -2.35. The summed E-state index contributed by atoms with van der Waals surface area (Å²) in [5, 5.41) is 2.29. The molecule has 29 heavy (non-hydrogen) atoms. The molecular weight excluding hydrogens is 440 g/mol. The lowest BCUT2D eigenvalue weighted by molar-refractivity contribution is -0.138. The predicted molar refractivity (Wildman–Crippen MR) is 111 cm³/mol. The maximum absolute atomic E-state index is 12.2. The topological polar surface area (TPSA) is 84.9 Å². The number of piperidine rings is 1. The van der Waals surface area contributed by atoms with Crippen molar-refractivity contribution < 1.29 is 23.9 Å². The van der Waals surface area contributed by atoms with Gasteiger partial charge in [-0.2, -0.15) is 0 Å². The first-order valence-corrected chi connectivity index (χ1v) is 10.4. The lowest BCUT2D eigenvalue weighted by Crippen LogP contribution is -2.46. The van der Waals surface area contributed by atoms with Crippen LogP contribution >= 0.6 is 15.9 Å². The molecule has 1 N–H and O–H groups in total. The molecule has 1 aromatic carbocycles. The number of nitrogens with one attached hydrogen (secondary N) is 1. The molecule has 8 heteroatoms. The van der Waals surface area contributed by atoms with Gasteiger partial charge in [-0.15, -0.1) is 0 Å². The molecule has 2 aliphatic heterocycles. The van der Waals surface area contributed by atoms with Crippen LogP contribution in [-0.2, 0) is 14.3 Å². The van der Waals surface area contributed by atoms with Gasteiger partial charge in [-0.3, -0.25) is 14.9 Å². The summed E-state index contributed by atoms with van der Waals surface area (Å²) in [7, 11) is 0. The zero-order chi connectivity index (χ0) is 21.2. The monoisotopic (exact) mass is 464 g/mol. The van der Waals surface area contributed by atoms with Crippen molar-refractivity contribution in [2.24, 2.45) is 0 Å². The molecule has 0 bridgehead atoms. The van der Waals surface area contributed by atoms with Gasteiger partial charge in [-0.25, -0.2) is 4.79 Å². The van der Waals surface area contributed by atoms with Gasteiger partial charge >= 0.3 is 6.09 Å². The predicted octanol–water partition coefficient (Wildman–Crippen LogP) is 3.66. The quantitative estimate of drug-likeness (QED) is 0.689. The van der Waals surface area contributed by atoms with E-state index in [0.717, 1.165) is 15.6 Å². The average molecular weight is 465 g/mol. The average Bonchev–Trinajstić information content (AvgIpc) is 2.63. The minimum Gasteiger partial charge on any atom is -0.481 e. The highest BCUT2D eigenvalue weighted by atomic mass is 79.9. The molecule has 3 amide bonds. The smallest absolute Gasteiger partial charge is 0.410 e. The number of amides is 3. The van der Waals surface area contributed by atoms with Crippen LogP contribution in [0.3, 0.4) is 0 Å². The van der Waals surface area contributed by atoms with Crippen molar-refractivity contribution in [3.05, 3.63) is 34.3 Å². The molecule has 0 spiro atoms. The normalized spacial score (nSPS) is 20.1. The molecule has 7 nitrogen and oxygen atoms in total. The number of carbonyl (C=O) groups excluding carboxylic acids is 3. The van der Waals surface area contributed by atoms with Crippen molar-refractivity contribution in [2.45, 2.75) is 51.7 Å². The van der Waals surface area contributed by atoms with Crippen LogP contribution in [0.5, 0.6) is 5.75 Å². The van der Waals surface area contributed by atoms with Crippen molar-refractivity contribution in [3.63, 3.8) is 0 Å². The Morgan fingerprint density at radius 2 is 2.00 bits per heavy atom. The van der Waals surface area contributed by atoms with Gasteiger partial charge in [0, 0.05) is 30.4 Å². The third kappa shape index (κ3) is 5.59. The van der Waals surface area contributed by atoms with E-state index in [-0.39, 0.29) is 18.4 Å².